The van der Waals surface area contributed by atoms with Crippen molar-refractivity contribution in [1.29, 1.82) is 0 Å². The Morgan fingerprint density at radius 3 is 2.65 bits per heavy atom. The first-order chi connectivity index (χ1) is 9.90. The monoisotopic (exact) mass is 266 g/mol. The van der Waals surface area contributed by atoms with Gasteiger partial charge in [-0.3, -0.25) is 4.98 Å². The Morgan fingerprint density at radius 1 is 1.15 bits per heavy atom. The minimum atomic E-state index is 0.390. The SMILES string of the molecule is CCCNC(c1ccccn1)C1CC1c1ccccc1. The molecule has 0 aliphatic heterocycles. The van der Waals surface area contributed by atoms with Gasteiger partial charge < -0.3 is 5.32 Å². The van der Waals surface area contributed by atoms with E-state index in [1.165, 1.54) is 17.7 Å². The van der Waals surface area contributed by atoms with Crippen molar-refractivity contribution >= 4 is 0 Å². The summed E-state index contributed by atoms with van der Waals surface area (Å²) in [5.41, 5.74) is 2.65. The molecule has 104 valence electrons. The predicted molar refractivity (Wildman–Crippen MR) is 82.6 cm³/mol. The number of benzene rings is 1. The van der Waals surface area contributed by atoms with Gasteiger partial charge in [-0.05, 0) is 48.9 Å². The summed E-state index contributed by atoms with van der Waals surface area (Å²) in [5, 5.41) is 3.68. The molecule has 0 saturated heterocycles. The third-order valence-electron chi connectivity index (χ3n) is 4.12. The van der Waals surface area contributed by atoms with Gasteiger partial charge in [0.25, 0.3) is 0 Å². The van der Waals surface area contributed by atoms with Crippen LogP contribution in [0, 0.1) is 5.92 Å². The van der Waals surface area contributed by atoms with Crippen molar-refractivity contribution in [2.75, 3.05) is 6.54 Å². The van der Waals surface area contributed by atoms with Crippen molar-refractivity contribution < 1.29 is 0 Å². The zero-order chi connectivity index (χ0) is 13.8. The van der Waals surface area contributed by atoms with Gasteiger partial charge in [0.2, 0.25) is 0 Å². The lowest BCUT2D eigenvalue weighted by atomic mass is 10.0. The molecule has 2 nitrogen and oxygen atoms in total. The molecule has 0 bridgehead atoms. The van der Waals surface area contributed by atoms with Gasteiger partial charge in [-0.2, -0.15) is 0 Å². The topological polar surface area (TPSA) is 24.9 Å². The third kappa shape index (κ3) is 2.91. The largest absolute Gasteiger partial charge is 0.308 e. The molecule has 3 atom stereocenters. The molecule has 1 N–H and O–H groups in total. The fourth-order valence-corrected chi connectivity index (χ4v) is 3.00. The Bertz CT molecular complexity index is 524. The molecule has 1 fully saturated rings. The molecule has 1 heterocycles. The Labute approximate surface area is 121 Å². The van der Waals surface area contributed by atoms with E-state index in [0.717, 1.165) is 13.0 Å². The third-order valence-corrected chi connectivity index (χ3v) is 4.12. The van der Waals surface area contributed by atoms with Crippen LogP contribution in [0.15, 0.2) is 54.7 Å². The van der Waals surface area contributed by atoms with Gasteiger partial charge in [0.1, 0.15) is 0 Å². The standard InChI is InChI=1S/C18H22N2/c1-2-11-20-18(17-10-6-7-12-19-17)16-13-15(16)14-8-4-3-5-9-14/h3-10,12,15-16,18,20H,2,11,13H2,1H3. The van der Waals surface area contributed by atoms with Gasteiger partial charge in [-0.15, -0.1) is 0 Å². The zero-order valence-corrected chi connectivity index (χ0v) is 12.0. The van der Waals surface area contributed by atoms with E-state index in [4.69, 9.17) is 0 Å². The second kappa shape index (κ2) is 6.19. The van der Waals surface area contributed by atoms with E-state index < -0.39 is 0 Å². The van der Waals surface area contributed by atoms with Crippen LogP contribution in [0.5, 0.6) is 0 Å². The fraction of sp³-hybridized carbons (Fsp3) is 0.389. The average Bonchev–Trinajstić information content (AvgIpc) is 3.30. The zero-order valence-electron chi connectivity index (χ0n) is 12.0. The second-order valence-electron chi connectivity index (χ2n) is 5.60. The summed E-state index contributed by atoms with van der Waals surface area (Å²) in [6, 6.07) is 17.5. The number of rotatable bonds is 6. The van der Waals surface area contributed by atoms with Crippen molar-refractivity contribution in [3.8, 4) is 0 Å². The summed E-state index contributed by atoms with van der Waals surface area (Å²) in [5.74, 6) is 1.37. The number of nitrogens with zero attached hydrogens (tertiary/aromatic N) is 1. The molecular weight excluding hydrogens is 244 g/mol. The molecule has 1 aliphatic rings. The lowest BCUT2D eigenvalue weighted by molar-refractivity contribution is 0.463. The van der Waals surface area contributed by atoms with Crippen LogP contribution in [0.2, 0.25) is 0 Å². The van der Waals surface area contributed by atoms with Crippen LogP contribution in [0.3, 0.4) is 0 Å². The number of nitrogens with one attached hydrogen (secondary N) is 1. The Balaban J connectivity index is 1.75. The molecule has 0 radical (unpaired) electrons. The summed E-state index contributed by atoms with van der Waals surface area (Å²) in [6.07, 6.45) is 4.32. The van der Waals surface area contributed by atoms with Crippen LogP contribution in [0.4, 0.5) is 0 Å². The van der Waals surface area contributed by atoms with Crippen LogP contribution in [0.1, 0.15) is 43.0 Å². The van der Waals surface area contributed by atoms with E-state index in [0.29, 0.717) is 17.9 Å². The molecular formula is C18H22N2. The highest BCUT2D eigenvalue weighted by atomic mass is 15.0. The predicted octanol–water partition coefficient (Wildman–Crippen LogP) is 3.93. The van der Waals surface area contributed by atoms with Gasteiger partial charge in [0.15, 0.2) is 0 Å². The first kappa shape index (κ1) is 13.3. The molecule has 3 rings (SSSR count). The molecule has 1 saturated carbocycles. The quantitative estimate of drug-likeness (QED) is 0.857. The first-order valence-corrected chi connectivity index (χ1v) is 7.59. The Hall–Kier alpha value is -1.67. The molecule has 1 aliphatic carbocycles. The smallest absolute Gasteiger partial charge is 0.0576 e. The Morgan fingerprint density at radius 2 is 1.95 bits per heavy atom. The molecule has 0 amide bonds. The van der Waals surface area contributed by atoms with E-state index in [2.05, 4.69) is 59.7 Å². The average molecular weight is 266 g/mol. The lowest BCUT2D eigenvalue weighted by Gasteiger charge is -2.18. The highest BCUT2D eigenvalue weighted by Gasteiger charge is 2.44. The maximum Gasteiger partial charge on any atom is 0.0576 e. The van der Waals surface area contributed by atoms with Crippen molar-refractivity contribution in [3.05, 3.63) is 66.0 Å². The fourth-order valence-electron chi connectivity index (χ4n) is 3.00. The van der Waals surface area contributed by atoms with E-state index in [9.17, 15) is 0 Å². The minimum Gasteiger partial charge on any atom is -0.308 e. The summed E-state index contributed by atoms with van der Waals surface area (Å²) in [7, 11) is 0. The summed E-state index contributed by atoms with van der Waals surface area (Å²) in [6.45, 7) is 3.27. The molecule has 2 heteroatoms. The van der Waals surface area contributed by atoms with E-state index in [1.54, 1.807) is 0 Å². The maximum atomic E-state index is 4.56. The molecule has 1 aromatic carbocycles. The molecule has 1 aromatic heterocycles. The van der Waals surface area contributed by atoms with Crippen molar-refractivity contribution in [1.82, 2.24) is 10.3 Å². The normalized spacial score (nSPS) is 22.4. The van der Waals surface area contributed by atoms with Crippen molar-refractivity contribution in [2.24, 2.45) is 5.92 Å². The van der Waals surface area contributed by atoms with Gasteiger partial charge in [0, 0.05) is 6.20 Å². The summed E-state index contributed by atoms with van der Waals surface area (Å²) in [4.78, 5) is 4.56. The van der Waals surface area contributed by atoms with E-state index >= 15 is 0 Å². The van der Waals surface area contributed by atoms with E-state index in [-0.39, 0.29) is 0 Å². The molecule has 3 unspecified atom stereocenters. The van der Waals surface area contributed by atoms with Crippen LogP contribution in [-0.2, 0) is 0 Å². The van der Waals surface area contributed by atoms with Crippen LogP contribution < -0.4 is 5.32 Å². The lowest BCUT2D eigenvalue weighted by Crippen LogP contribution is -2.25. The van der Waals surface area contributed by atoms with Gasteiger partial charge in [0.05, 0.1) is 11.7 Å². The van der Waals surface area contributed by atoms with Crippen LogP contribution in [0.25, 0.3) is 0 Å². The summed E-state index contributed by atoms with van der Waals surface area (Å²) < 4.78 is 0. The highest BCUT2D eigenvalue weighted by molar-refractivity contribution is 5.28. The number of hydrogen-bond acceptors (Lipinski definition) is 2. The molecule has 20 heavy (non-hydrogen) atoms. The van der Waals surface area contributed by atoms with Crippen LogP contribution >= 0.6 is 0 Å². The van der Waals surface area contributed by atoms with Gasteiger partial charge >= 0.3 is 0 Å². The molecule has 0 spiro atoms. The van der Waals surface area contributed by atoms with Crippen molar-refractivity contribution in [2.45, 2.75) is 31.7 Å². The number of hydrogen-bond donors (Lipinski definition) is 1. The minimum absolute atomic E-state index is 0.390. The number of pyridine rings is 1. The second-order valence-corrected chi connectivity index (χ2v) is 5.60. The first-order valence-electron chi connectivity index (χ1n) is 7.59. The van der Waals surface area contributed by atoms with Gasteiger partial charge in [-0.1, -0.05) is 43.3 Å². The van der Waals surface area contributed by atoms with Gasteiger partial charge in [-0.25, -0.2) is 0 Å². The van der Waals surface area contributed by atoms with E-state index in [1.807, 2.05) is 12.3 Å². The van der Waals surface area contributed by atoms with Crippen molar-refractivity contribution in [3.63, 3.8) is 0 Å². The van der Waals surface area contributed by atoms with Crippen LogP contribution in [-0.4, -0.2) is 11.5 Å². The maximum absolute atomic E-state index is 4.56. The summed E-state index contributed by atoms with van der Waals surface area (Å²) >= 11 is 0. The molecule has 2 aromatic rings. The Kier molecular flexibility index (Phi) is 4.12. The highest BCUT2D eigenvalue weighted by Crippen LogP contribution is 2.53. The number of aromatic nitrogens is 1.